The van der Waals surface area contributed by atoms with Gasteiger partial charge in [-0.3, -0.25) is 9.52 Å². The number of rotatable bonds is 8. The average Bonchev–Trinajstić information content (AvgIpc) is 3.39. The summed E-state index contributed by atoms with van der Waals surface area (Å²) in [6.07, 6.45) is 7.31. The van der Waals surface area contributed by atoms with Crippen molar-refractivity contribution in [2.75, 3.05) is 10.5 Å². The first-order valence-corrected chi connectivity index (χ1v) is 12.1. The van der Waals surface area contributed by atoms with E-state index in [9.17, 15) is 17.6 Å². The molecular weight excluding hydrogens is 440 g/mol. The van der Waals surface area contributed by atoms with Gasteiger partial charge in [0.25, 0.3) is 0 Å². The van der Waals surface area contributed by atoms with Crippen molar-refractivity contribution < 1.29 is 26.7 Å². The van der Waals surface area contributed by atoms with Crippen LogP contribution in [0.4, 0.5) is 14.5 Å². The molecule has 2 aromatic heterocycles. The minimum atomic E-state index is -3.82. The Hall–Kier alpha value is -3.01. The summed E-state index contributed by atoms with van der Waals surface area (Å²) in [6, 6.07) is 3.44. The molecule has 0 unspecified atom stereocenters. The predicted molar refractivity (Wildman–Crippen MR) is 116 cm³/mol. The molecule has 1 aliphatic rings. The summed E-state index contributed by atoms with van der Waals surface area (Å²) < 4.78 is 61.6. The zero-order valence-electron chi connectivity index (χ0n) is 17.5. The fraction of sp³-hybridized carbons (Fsp3) is 0.364. The van der Waals surface area contributed by atoms with Crippen LogP contribution in [0.2, 0.25) is 0 Å². The van der Waals surface area contributed by atoms with Crippen molar-refractivity contribution in [3.05, 3.63) is 53.4 Å². The van der Waals surface area contributed by atoms with Crippen LogP contribution >= 0.6 is 0 Å². The van der Waals surface area contributed by atoms with Crippen molar-refractivity contribution in [2.45, 2.75) is 45.1 Å². The lowest BCUT2D eigenvalue weighted by atomic mass is 10.0. The first kappa shape index (κ1) is 22.2. The van der Waals surface area contributed by atoms with Crippen LogP contribution in [0.3, 0.4) is 0 Å². The van der Waals surface area contributed by atoms with Crippen molar-refractivity contribution in [1.29, 1.82) is 0 Å². The van der Waals surface area contributed by atoms with Crippen LogP contribution in [0.15, 0.2) is 30.6 Å². The highest BCUT2D eigenvalue weighted by Gasteiger charge is 2.26. The first-order valence-electron chi connectivity index (χ1n) is 10.5. The number of benzene rings is 1. The van der Waals surface area contributed by atoms with Gasteiger partial charge in [0, 0.05) is 17.1 Å². The summed E-state index contributed by atoms with van der Waals surface area (Å²) in [5.41, 5.74) is -0.945. The van der Waals surface area contributed by atoms with Crippen molar-refractivity contribution >= 4 is 32.5 Å². The molecule has 0 amide bonds. The van der Waals surface area contributed by atoms with Gasteiger partial charge in [0.05, 0.1) is 29.3 Å². The second kappa shape index (κ2) is 8.85. The second-order valence-corrected chi connectivity index (χ2v) is 9.67. The zero-order chi connectivity index (χ0) is 22.9. The van der Waals surface area contributed by atoms with Crippen molar-refractivity contribution in [3.8, 4) is 5.75 Å². The molecular formula is C22H23F2N3O4S. The number of nitrogens with one attached hydrogen (secondary N) is 2. The summed E-state index contributed by atoms with van der Waals surface area (Å²) in [5.74, 6) is -3.05. The molecule has 0 bridgehead atoms. The van der Waals surface area contributed by atoms with Crippen molar-refractivity contribution in [1.82, 2.24) is 9.97 Å². The Labute approximate surface area is 184 Å². The lowest BCUT2D eigenvalue weighted by Gasteiger charge is -2.13. The average molecular weight is 464 g/mol. The van der Waals surface area contributed by atoms with E-state index in [0.717, 1.165) is 37.8 Å². The van der Waals surface area contributed by atoms with Gasteiger partial charge in [0.2, 0.25) is 15.8 Å². The monoisotopic (exact) mass is 463 g/mol. The fourth-order valence-electron chi connectivity index (χ4n) is 3.90. The molecule has 0 saturated heterocycles. The Morgan fingerprint density at radius 2 is 2.03 bits per heavy atom. The third-order valence-electron chi connectivity index (χ3n) is 5.41. The van der Waals surface area contributed by atoms with Gasteiger partial charge >= 0.3 is 0 Å². The minimum Gasteiger partial charge on any atom is -0.489 e. The van der Waals surface area contributed by atoms with E-state index in [4.69, 9.17) is 4.74 Å². The number of hydrogen-bond donors (Lipinski definition) is 2. The van der Waals surface area contributed by atoms with Gasteiger partial charge in [-0.15, -0.1) is 0 Å². The fourth-order valence-corrected chi connectivity index (χ4v) is 5.03. The van der Waals surface area contributed by atoms with Gasteiger partial charge in [0.15, 0.2) is 5.82 Å². The molecule has 2 heterocycles. The van der Waals surface area contributed by atoms with Crippen LogP contribution in [-0.2, 0) is 10.0 Å². The molecule has 0 radical (unpaired) electrons. The molecule has 32 heavy (non-hydrogen) atoms. The molecule has 1 aliphatic carbocycles. The number of H-pyrrole nitrogens is 1. The third-order valence-corrected chi connectivity index (χ3v) is 6.89. The number of sulfonamides is 1. The highest BCUT2D eigenvalue weighted by atomic mass is 32.2. The number of aromatic amines is 1. The Bertz CT molecular complexity index is 1270. The SMILES string of the molecule is CCCS(=O)(=O)Nc1ccc(F)c(C(=O)c2c[nH]c3ncc(OC4CCCC4)cc23)c1F. The van der Waals surface area contributed by atoms with E-state index in [1.54, 1.807) is 13.0 Å². The van der Waals surface area contributed by atoms with Gasteiger partial charge < -0.3 is 9.72 Å². The van der Waals surface area contributed by atoms with Crippen LogP contribution < -0.4 is 9.46 Å². The van der Waals surface area contributed by atoms with E-state index in [-0.39, 0.29) is 17.4 Å². The number of hydrogen-bond acceptors (Lipinski definition) is 5. The summed E-state index contributed by atoms with van der Waals surface area (Å²) in [6.45, 7) is 1.66. The number of carbonyl (C=O) groups excluding carboxylic acids is 1. The Morgan fingerprint density at radius 1 is 1.28 bits per heavy atom. The number of fused-ring (bicyclic) bond motifs is 1. The number of aromatic nitrogens is 2. The standard InChI is InChI=1S/C22H23F2N3O4S/c1-2-9-32(29,30)27-18-8-7-17(23)19(20(18)24)21(28)16-12-26-22-15(16)10-14(11-25-22)31-13-5-3-4-6-13/h7-8,10-13,27H,2-6,9H2,1H3,(H,25,26). The van der Waals surface area contributed by atoms with E-state index in [1.807, 2.05) is 0 Å². The predicted octanol–water partition coefficient (Wildman–Crippen LogP) is 4.55. The zero-order valence-corrected chi connectivity index (χ0v) is 18.3. The number of halogens is 2. The summed E-state index contributed by atoms with van der Waals surface area (Å²) in [5, 5.41) is 0.362. The number of ketones is 1. The van der Waals surface area contributed by atoms with Gasteiger partial charge in [0.1, 0.15) is 17.2 Å². The maximum absolute atomic E-state index is 15.1. The molecule has 1 aromatic carbocycles. The molecule has 1 saturated carbocycles. The highest BCUT2D eigenvalue weighted by Crippen LogP contribution is 2.30. The number of nitrogens with zero attached hydrogens (tertiary/aromatic N) is 1. The highest BCUT2D eigenvalue weighted by molar-refractivity contribution is 7.92. The van der Waals surface area contributed by atoms with E-state index in [1.165, 1.54) is 12.4 Å². The van der Waals surface area contributed by atoms with Crippen LogP contribution in [0, 0.1) is 11.6 Å². The van der Waals surface area contributed by atoms with Crippen molar-refractivity contribution in [2.24, 2.45) is 0 Å². The molecule has 7 nitrogen and oxygen atoms in total. The molecule has 4 rings (SSSR count). The van der Waals surface area contributed by atoms with E-state index < -0.39 is 38.7 Å². The lowest BCUT2D eigenvalue weighted by Crippen LogP contribution is -2.18. The molecule has 0 atom stereocenters. The van der Waals surface area contributed by atoms with Gasteiger partial charge in [-0.25, -0.2) is 22.2 Å². The topological polar surface area (TPSA) is 101 Å². The summed E-state index contributed by atoms with van der Waals surface area (Å²) in [7, 11) is -3.82. The number of pyridine rings is 1. The van der Waals surface area contributed by atoms with E-state index in [2.05, 4.69) is 14.7 Å². The number of carbonyl (C=O) groups is 1. The molecule has 10 heteroatoms. The Kier molecular flexibility index (Phi) is 6.14. The summed E-state index contributed by atoms with van der Waals surface area (Å²) >= 11 is 0. The van der Waals surface area contributed by atoms with Gasteiger partial charge in [-0.1, -0.05) is 6.92 Å². The normalized spacial score (nSPS) is 14.7. The first-order chi connectivity index (χ1) is 15.3. The van der Waals surface area contributed by atoms with Crippen LogP contribution in [-0.4, -0.2) is 36.0 Å². The van der Waals surface area contributed by atoms with Gasteiger partial charge in [-0.05, 0) is 50.3 Å². The van der Waals surface area contributed by atoms with Crippen LogP contribution in [0.25, 0.3) is 11.0 Å². The van der Waals surface area contributed by atoms with E-state index >= 15 is 4.39 Å². The maximum Gasteiger partial charge on any atom is 0.232 e. The van der Waals surface area contributed by atoms with E-state index in [0.29, 0.717) is 23.2 Å². The molecule has 170 valence electrons. The second-order valence-electron chi connectivity index (χ2n) is 7.83. The Morgan fingerprint density at radius 3 is 2.75 bits per heavy atom. The molecule has 1 fully saturated rings. The quantitative estimate of drug-likeness (QED) is 0.478. The van der Waals surface area contributed by atoms with Crippen molar-refractivity contribution in [3.63, 3.8) is 0 Å². The smallest absolute Gasteiger partial charge is 0.232 e. The minimum absolute atomic E-state index is 0.00994. The number of anilines is 1. The molecule has 2 N–H and O–H groups in total. The largest absolute Gasteiger partial charge is 0.489 e. The summed E-state index contributed by atoms with van der Waals surface area (Å²) in [4.78, 5) is 20.2. The Balaban J connectivity index is 1.70. The molecule has 3 aromatic rings. The third kappa shape index (κ3) is 4.45. The van der Waals surface area contributed by atoms with Crippen LogP contribution in [0.5, 0.6) is 5.75 Å². The molecule has 0 spiro atoms. The van der Waals surface area contributed by atoms with Gasteiger partial charge in [-0.2, -0.15) is 0 Å². The maximum atomic E-state index is 15.1. The number of ether oxygens (including phenoxy) is 1. The van der Waals surface area contributed by atoms with Crippen LogP contribution in [0.1, 0.15) is 54.9 Å². The molecule has 0 aliphatic heterocycles. The lowest BCUT2D eigenvalue weighted by molar-refractivity contribution is 0.103.